The van der Waals surface area contributed by atoms with Gasteiger partial charge in [-0.25, -0.2) is 0 Å². The monoisotopic (exact) mass is 230 g/mol. The molecule has 0 atom stereocenters. The number of H-pyrrole nitrogens is 1. The van der Waals surface area contributed by atoms with Crippen LogP contribution in [-0.2, 0) is 6.42 Å². The maximum atomic E-state index is 11.5. The Morgan fingerprint density at radius 1 is 1.29 bits per heavy atom. The van der Waals surface area contributed by atoms with Gasteiger partial charge >= 0.3 is 0 Å². The van der Waals surface area contributed by atoms with Gasteiger partial charge in [-0.15, -0.1) is 0 Å². The molecule has 0 spiro atoms. The topological polar surface area (TPSA) is 44.9 Å². The van der Waals surface area contributed by atoms with Crippen molar-refractivity contribution >= 4 is 10.9 Å². The van der Waals surface area contributed by atoms with E-state index in [2.05, 4.69) is 29.4 Å². The van der Waals surface area contributed by atoms with E-state index in [4.69, 9.17) is 0 Å². The van der Waals surface area contributed by atoms with E-state index in [9.17, 15) is 4.79 Å². The second kappa shape index (κ2) is 5.15. The fraction of sp³-hybridized carbons (Fsp3) is 0.357. The van der Waals surface area contributed by atoms with Crippen LogP contribution in [-0.4, -0.2) is 18.1 Å². The van der Waals surface area contributed by atoms with Crippen molar-refractivity contribution in [3.63, 3.8) is 0 Å². The molecule has 0 unspecified atom stereocenters. The molecule has 2 N–H and O–H groups in total. The lowest BCUT2D eigenvalue weighted by molar-refractivity contribution is 0.717. The molecule has 1 aromatic heterocycles. The first kappa shape index (κ1) is 11.9. The molecule has 0 fully saturated rings. The molecule has 0 radical (unpaired) electrons. The molecular formula is C14H18N2O. The number of hydrogen-bond donors (Lipinski definition) is 2. The summed E-state index contributed by atoms with van der Waals surface area (Å²) in [5.74, 6) is 0. The highest BCUT2D eigenvalue weighted by Crippen LogP contribution is 2.13. The SMILES string of the molecule is CCNCCc1ccc2[nH]c(=O)c(C)cc2c1. The van der Waals surface area contributed by atoms with Crippen LogP contribution in [0.1, 0.15) is 18.1 Å². The van der Waals surface area contributed by atoms with Crippen LogP contribution in [0.15, 0.2) is 29.1 Å². The fourth-order valence-corrected chi connectivity index (χ4v) is 1.93. The van der Waals surface area contributed by atoms with Gasteiger partial charge in [0, 0.05) is 11.1 Å². The summed E-state index contributed by atoms with van der Waals surface area (Å²) < 4.78 is 0. The Hall–Kier alpha value is -1.61. The van der Waals surface area contributed by atoms with Crippen molar-refractivity contribution in [1.29, 1.82) is 0 Å². The number of hydrogen-bond acceptors (Lipinski definition) is 2. The van der Waals surface area contributed by atoms with Crippen molar-refractivity contribution in [3.05, 3.63) is 45.7 Å². The normalized spacial score (nSPS) is 10.9. The van der Waals surface area contributed by atoms with Crippen molar-refractivity contribution in [2.75, 3.05) is 13.1 Å². The van der Waals surface area contributed by atoms with Crippen LogP contribution in [0.2, 0.25) is 0 Å². The zero-order valence-electron chi connectivity index (χ0n) is 10.3. The van der Waals surface area contributed by atoms with E-state index in [0.29, 0.717) is 0 Å². The van der Waals surface area contributed by atoms with Crippen LogP contribution in [0.4, 0.5) is 0 Å². The molecular weight excluding hydrogens is 212 g/mol. The van der Waals surface area contributed by atoms with Crippen molar-refractivity contribution in [2.45, 2.75) is 20.3 Å². The number of benzene rings is 1. The van der Waals surface area contributed by atoms with E-state index in [-0.39, 0.29) is 5.56 Å². The molecule has 1 heterocycles. The molecule has 3 nitrogen and oxygen atoms in total. The Morgan fingerprint density at radius 2 is 2.12 bits per heavy atom. The average molecular weight is 230 g/mol. The quantitative estimate of drug-likeness (QED) is 0.789. The fourth-order valence-electron chi connectivity index (χ4n) is 1.93. The highest BCUT2D eigenvalue weighted by atomic mass is 16.1. The highest BCUT2D eigenvalue weighted by Gasteiger charge is 2.00. The first-order valence-corrected chi connectivity index (χ1v) is 6.04. The largest absolute Gasteiger partial charge is 0.322 e. The minimum Gasteiger partial charge on any atom is -0.322 e. The highest BCUT2D eigenvalue weighted by molar-refractivity contribution is 5.79. The second-order valence-corrected chi connectivity index (χ2v) is 4.31. The van der Waals surface area contributed by atoms with Gasteiger partial charge in [-0.2, -0.15) is 0 Å². The summed E-state index contributed by atoms with van der Waals surface area (Å²) in [5.41, 5.74) is 2.97. The lowest BCUT2D eigenvalue weighted by Gasteiger charge is -2.05. The summed E-state index contributed by atoms with van der Waals surface area (Å²) in [4.78, 5) is 14.3. The van der Waals surface area contributed by atoms with E-state index in [1.807, 2.05) is 19.1 Å². The van der Waals surface area contributed by atoms with E-state index in [1.165, 1.54) is 5.56 Å². The van der Waals surface area contributed by atoms with Crippen molar-refractivity contribution in [1.82, 2.24) is 10.3 Å². The van der Waals surface area contributed by atoms with E-state index >= 15 is 0 Å². The molecule has 0 aliphatic rings. The Balaban J connectivity index is 2.30. The smallest absolute Gasteiger partial charge is 0.251 e. The van der Waals surface area contributed by atoms with E-state index in [0.717, 1.165) is 36.0 Å². The summed E-state index contributed by atoms with van der Waals surface area (Å²) in [6.07, 6.45) is 1.02. The third-order valence-electron chi connectivity index (χ3n) is 2.93. The maximum absolute atomic E-state index is 11.5. The molecule has 0 saturated carbocycles. The molecule has 0 bridgehead atoms. The molecule has 2 aromatic rings. The van der Waals surface area contributed by atoms with Gasteiger partial charge in [-0.05, 0) is 55.6 Å². The molecule has 1 aromatic carbocycles. The lowest BCUT2D eigenvalue weighted by atomic mass is 10.1. The van der Waals surface area contributed by atoms with Crippen molar-refractivity contribution < 1.29 is 0 Å². The van der Waals surface area contributed by atoms with Crippen LogP contribution < -0.4 is 10.9 Å². The van der Waals surface area contributed by atoms with Crippen LogP contribution >= 0.6 is 0 Å². The summed E-state index contributed by atoms with van der Waals surface area (Å²) in [5, 5.41) is 4.41. The summed E-state index contributed by atoms with van der Waals surface area (Å²) in [6, 6.07) is 8.16. The van der Waals surface area contributed by atoms with Gasteiger partial charge in [0.2, 0.25) is 0 Å². The number of fused-ring (bicyclic) bond motifs is 1. The molecule has 0 amide bonds. The molecule has 90 valence electrons. The molecule has 0 aliphatic carbocycles. The average Bonchev–Trinajstić information content (AvgIpc) is 2.31. The van der Waals surface area contributed by atoms with Gasteiger partial charge in [0.15, 0.2) is 0 Å². The molecule has 3 heteroatoms. The first-order chi connectivity index (χ1) is 8.20. The van der Waals surface area contributed by atoms with Crippen LogP contribution in [0, 0.1) is 6.92 Å². The van der Waals surface area contributed by atoms with Crippen LogP contribution in [0.25, 0.3) is 10.9 Å². The Morgan fingerprint density at radius 3 is 2.88 bits per heavy atom. The Bertz CT molecular complexity index is 572. The van der Waals surface area contributed by atoms with Gasteiger partial charge in [0.1, 0.15) is 0 Å². The number of nitrogens with one attached hydrogen (secondary N) is 2. The van der Waals surface area contributed by atoms with Gasteiger partial charge in [-0.3, -0.25) is 4.79 Å². The summed E-state index contributed by atoms with van der Waals surface area (Å²) in [7, 11) is 0. The summed E-state index contributed by atoms with van der Waals surface area (Å²) in [6.45, 7) is 5.93. The van der Waals surface area contributed by atoms with Crippen molar-refractivity contribution in [2.24, 2.45) is 0 Å². The zero-order valence-corrected chi connectivity index (χ0v) is 10.3. The minimum absolute atomic E-state index is 0.00194. The zero-order chi connectivity index (χ0) is 12.3. The number of aromatic amines is 1. The molecule has 17 heavy (non-hydrogen) atoms. The molecule has 0 saturated heterocycles. The van der Waals surface area contributed by atoms with Gasteiger partial charge in [0.05, 0.1) is 0 Å². The Kier molecular flexibility index (Phi) is 3.59. The minimum atomic E-state index is -0.00194. The summed E-state index contributed by atoms with van der Waals surface area (Å²) >= 11 is 0. The Labute approximate surface area is 101 Å². The number of aromatic nitrogens is 1. The standard InChI is InChI=1S/C14H18N2O/c1-3-15-7-6-11-4-5-13-12(9-11)8-10(2)14(17)16-13/h4-5,8-9,15H,3,6-7H2,1-2H3,(H,16,17). The number of aryl methyl sites for hydroxylation is 1. The number of pyridine rings is 1. The molecule has 2 rings (SSSR count). The van der Waals surface area contributed by atoms with Gasteiger partial charge in [-0.1, -0.05) is 13.0 Å². The maximum Gasteiger partial charge on any atom is 0.251 e. The molecule has 0 aliphatic heterocycles. The van der Waals surface area contributed by atoms with E-state index in [1.54, 1.807) is 0 Å². The third kappa shape index (κ3) is 2.74. The van der Waals surface area contributed by atoms with E-state index < -0.39 is 0 Å². The lowest BCUT2D eigenvalue weighted by Crippen LogP contribution is -2.16. The van der Waals surface area contributed by atoms with Crippen molar-refractivity contribution in [3.8, 4) is 0 Å². The van der Waals surface area contributed by atoms with Gasteiger partial charge in [0.25, 0.3) is 5.56 Å². The van der Waals surface area contributed by atoms with Gasteiger partial charge < -0.3 is 10.3 Å². The predicted molar refractivity (Wildman–Crippen MR) is 71.6 cm³/mol. The van der Waals surface area contributed by atoms with Crippen LogP contribution in [0.5, 0.6) is 0 Å². The number of rotatable bonds is 4. The van der Waals surface area contributed by atoms with Crippen LogP contribution in [0.3, 0.4) is 0 Å². The third-order valence-corrected chi connectivity index (χ3v) is 2.93. The first-order valence-electron chi connectivity index (χ1n) is 6.04. The number of likely N-dealkylation sites (N-methyl/N-ethyl adjacent to an activating group) is 1. The predicted octanol–water partition coefficient (Wildman–Crippen LogP) is 1.99. The second-order valence-electron chi connectivity index (χ2n) is 4.31.